The molecule has 0 unspecified atom stereocenters. The third-order valence-corrected chi connectivity index (χ3v) is 5.41. The van der Waals surface area contributed by atoms with Gasteiger partial charge < -0.3 is 4.90 Å². The Morgan fingerprint density at radius 2 is 1.79 bits per heavy atom. The van der Waals surface area contributed by atoms with E-state index in [0.717, 1.165) is 25.2 Å². The number of halogens is 1. The van der Waals surface area contributed by atoms with E-state index in [9.17, 15) is 14.0 Å². The number of carbonyl (C=O) groups excluding carboxylic acids is 2. The van der Waals surface area contributed by atoms with E-state index >= 15 is 0 Å². The van der Waals surface area contributed by atoms with Crippen molar-refractivity contribution in [1.29, 1.82) is 0 Å². The second kappa shape index (κ2) is 9.11. The van der Waals surface area contributed by atoms with Crippen molar-refractivity contribution < 1.29 is 14.0 Å². The summed E-state index contributed by atoms with van der Waals surface area (Å²) in [6, 6.07) is 15.6. The van der Waals surface area contributed by atoms with Gasteiger partial charge in [0.25, 0.3) is 0 Å². The number of ketones is 1. The molecule has 148 valence electrons. The highest BCUT2D eigenvalue weighted by Crippen LogP contribution is 2.28. The highest BCUT2D eigenvalue weighted by atomic mass is 19.1. The second-order valence-electron chi connectivity index (χ2n) is 7.45. The van der Waals surface area contributed by atoms with Crippen molar-refractivity contribution in [2.75, 3.05) is 24.5 Å². The minimum absolute atomic E-state index is 0.00444. The van der Waals surface area contributed by atoms with Crippen LogP contribution in [0, 0.1) is 11.7 Å². The smallest absolute Gasteiger partial charge is 0.226 e. The summed E-state index contributed by atoms with van der Waals surface area (Å²) in [4.78, 5) is 29.2. The molecular weight excluding hydrogens is 355 g/mol. The van der Waals surface area contributed by atoms with Gasteiger partial charge in [0.15, 0.2) is 5.78 Å². The minimum atomic E-state index is -0.340. The van der Waals surface area contributed by atoms with E-state index in [1.807, 2.05) is 42.2 Å². The molecule has 1 amide bonds. The molecule has 0 N–H and O–H groups in total. The molecule has 0 radical (unpaired) electrons. The summed E-state index contributed by atoms with van der Waals surface area (Å²) in [6.07, 6.45) is 1.28. The first-order valence-electron chi connectivity index (χ1n) is 9.87. The summed E-state index contributed by atoms with van der Waals surface area (Å²) in [7, 11) is 0. The Morgan fingerprint density at radius 1 is 1.11 bits per heavy atom. The van der Waals surface area contributed by atoms with Crippen molar-refractivity contribution >= 4 is 17.4 Å². The molecule has 2 atom stereocenters. The zero-order chi connectivity index (χ0) is 20.1. The first-order valence-corrected chi connectivity index (χ1v) is 9.87. The lowest BCUT2D eigenvalue weighted by Crippen LogP contribution is -2.53. The molecule has 0 spiro atoms. The van der Waals surface area contributed by atoms with E-state index in [0.29, 0.717) is 18.5 Å². The quantitative estimate of drug-likeness (QED) is 0.705. The monoisotopic (exact) mass is 382 g/mol. The Labute approximate surface area is 166 Å². The Hall–Kier alpha value is -2.53. The standard InChI is InChI=1S/C23H27FN2O2/c1-3-23(28)26(20-7-5-4-6-8-20)21-13-14-25(15-17(21)2)16-22(27)18-9-11-19(24)12-10-18/h4-12,17,21H,3,13-16H2,1-2H3/t17-,21+/m1/s1. The van der Waals surface area contributed by atoms with Gasteiger partial charge >= 0.3 is 0 Å². The maximum atomic E-state index is 13.1. The summed E-state index contributed by atoms with van der Waals surface area (Å²) in [5, 5.41) is 0. The molecule has 1 saturated heterocycles. The van der Waals surface area contributed by atoms with Gasteiger partial charge in [-0.15, -0.1) is 0 Å². The topological polar surface area (TPSA) is 40.6 Å². The van der Waals surface area contributed by atoms with Crippen molar-refractivity contribution in [3.63, 3.8) is 0 Å². The number of nitrogens with zero attached hydrogens (tertiary/aromatic N) is 2. The average molecular weight is 382 g/mol. The molecule has 2 aromatic carbocycles. The van der Waals surface area contributed by atoms with Crippen LogP contribution in [0.2, 0.25) is 0 Å². The van der Waals surface area contributed by atoms with Gasteiger partial charge in [-0.25, -0.2) is 4.39 Å². The molecule has 0 aromatic heterocycles. The number of likely N-dealkylation sites (tertiary alicyclic amines) is 1. The fourth-order valence-electron chi connectivity index (χ4n) is 3.96. The summed E-state index contributed by atoms with van der Waals surface area (Å²) in [5.41, 5.74) is 1.46. The van der Waals surface area contributed by atoms with Crippen LogP contribution in [0.5, 0.6) is 0 Å². The molecule has 1 heterocycles. The van der Waals surface area contributed by atoms with Crippen LogP contribution in [0.15, 0.2) is 54.6 Å². The molecular formula is C23H27FN2O2. The van der Waals surface area contributed by atoms with E-state index in [1.54, 1.807) is 0 Å². The highest BCUT2D eigenvalue weighted by molar-refractivity contribution is 5.97. The van der Waals surface area contributed by atoms with E-state index in [-0.39, 0.29) is 29.5 Å². The summed E-state index contributed by atoms with van der Waals surface area (Å²) >= 11 is 0. The molecule has 1 aliphatic heterocycles. The molecule has 0 aliphatic carbocycles. The zero-order valence-electron chi connectivity index (χ0n) is 16.5. The number of piperidine rings is 1. The van der Waals surface area contributed by atoms with Gasteiger partial charge in [0.05, 0.1) is 6.54 Å². The van der Waals surface area contributed by atoms with Crippen molar-refractivity contribution in [3.8, 4) is 0 Å². The fraction of sp³-hybridized carbons (Fsp3) is 0.391. The van der Waals surface area contributed by atoms with Crippen molar-refractivity contribution in [2.45, 2.75) is 32.7 Å². The predicted molar refractivity (Wildman–Crippen MR) is 109 cm³/mol. The molecule has 0 bridgehead atoms. The Kier molecular flexibility index (Phi) is 6.57. The van der Waals surface area contributed by atoms with Crippen LogP contribution in [-0.2, 0) is 4.79 Å². The van der Waals surface area contributed by atoms with Gasteiger partial charge in [0.2, 0.25) is 5.91 Å². The lowest BCUT2D eigenvalue weighted by Gasteiger charge is -2.42. The number of benzene rings is 2. The molecule has 2 aromatic rings. The number of anilines is 1. The first-order chi connectivity index (χ1) is 13.5. The zero-order valence-corrected chi connectivity index (χ0v) is 16.5. The molecule has 4 nitrogen and oxygen atoms in total. The van der Waals surface area contributed by atoms with E-state index < -0.39 is 0 Å². The fourth-order valence-corrected chi connectivity index (χ4v) is 3.96. The van der Waals surface area contributed by atoms with Crippen LogP contribution >= 0.6 is 0 Å². The van der Waals surface area contributed by atoms with E-state index in [1.165, 1.54) is 24.3 Å². The average Bonchev–Trinajstić information content (AvgIpc) is 2.71. The van der Waals surface area contributed by atoms with Gasteiger partial charge in [-0.2, -0.15) is 0 Å². The normalized spacial score (nSPS) is 20.0. The lowest BCUT2D eigenvalue weighted by molar-refractivity contribution is -0.119. The molecule has 1 fully saturated rings. The number of hydrogen-bond donors (Lipinski definition) is 0. The Bertz CT molecular complexity index is 807. The minimum Gasteiger partial charge on any atom is -0.309 e. The van der Waals surface area contributed by atoms with Crippen molar-refractivity contribution in [1.82, 2.24) is 4.90 Å². The highest BCUT2D eigenvalue weighted by Gasteiger charge is 2.34. The van der Waals surface area contributed by atoms with Gasteiger partial charge in [-0.3, -0.25) is 14.5 Å². The summed E-state index contributed by atoms with van der Waals surface area (Å²) < 4.78 is 13.1. The van der Waals surface area contributed by atoms with Crippen LogP contribution in [0.3, 0.4) is 0 Å². The Balaban J connectivity index is 1.67. The van der Waals surface area contributed by atoms with Crippen molar-refractivity contribution in [3.05, 3.63) is 66.0 Å². The van der Waals surface area contributed by atoms with E-state index in [4.69, 9.17) is 0 Å². The summed E-state index contributed by atoms with van der Waals surface area (Å²) in [6.45, 7) is 5.84. The van der Waals surface area contributed by atoms with Crippen LogP contribution in [-0.4, -0.2) is 42.3 Å². The molecule has 1 aliphatic rings. The van der Waals surface area contributed by atoms with Gasteiger partial charge in [-0.1, -0.05) is 32.0 Å². The third-order valence-electron chi connectivity index (χ3n) is 5.41. The largest absolute Gasteiger partial charge is 0.309 e. The maximum absolute atomic E-state index is 13.1. The number of para-hydroxylation sites is 1. The van der Waals surface area contributed by atoms with E-state index in [2.05, 4.69) is 11.8 Å². The molecule has 28 heavy (non-hydrogen) atoms. The maximum Gasteiger partial charge on any atom is 0.226 e. The first kappa shape index (κ1) is 20.2. The number of carbonyl (C=O) groups is 2. The van der Waals surface area contributed by atoms with Crippen molar-refractivity contribution in [2.24, 2.45) is 5.92 Å². The second-order valence-corrected chi connectivity index (χ2v) is 7.45. The summed E-state index contributed by atoms with van der Waals surface area (Å²) in [5.74, 6) is 0.0205. The lowest BCUT2D eigenvalue weighted by atomic mass is 9.91. The van der Waals surface area contributed by atoms with Gasteiger partial charge in [-0.05, 0) is 48.7 Å². The van der Waals surface area contributed by atoms with Crippen LogP contribution in [0.1, 0.15) is 37.0 Å². The van der Waals surface area contributed by atoms with Crippen LogP contribution in [0.25, 0.3) is 0 Å². The Morgan fingerprint density at radius 3 is 2.39 bits per heavy atom. The third kappa shape index (κ3) is 4.65. The SMILES string of the molecule is CCC(=O)N(c1ccccc1)[C@H]1CCN(CC(=O)c2ccc(F)cc2)C[C@H]1C. The van der Waals surface area contributed by atoms with Gasteiger partial charge in [0.1, 0.15) is 5.82 Å². The number of hydrogen-bond acceptors (Lipinski definition) is 3. The molecule has 0 saturated carbocycles. The van der Waals surface area contributed by atoms with Gasteiger partial charge in [0, 0.05) is 36.8 Å². The van der Waals surface area contributed by atoms with Crippen LogP contribution in [0.4, 0.5) is 10.1 Å². The molecule has 5 heteroatoms. The molecule has 3 rings (SSSR count). The number of amides is 1. The van der Waals surface area contributed by atoms with Crippen LogP contribution < -0.4 is 4.90 Å². The number of Topliss-reactive ketones (excluding diaryl/α,β-unsaturated/α-hetero) is 1. The number of rotatable bonds is 6. The predicted octanol–water partition coefficient (Wildman–Crippen LogP) is 4.16.